The lowest BCUT2D eigenvalue weighted by atomic mass is 10.1. The molecule has 0 aliphatic rings. The van der Waals surface area contributed by atoms with E-state index in [1.165, 1.54) is 11.3 Å². The number of hydrogen-bond donors (Lipinski definition) is 3. The fourth-order valence-electron chi connectivity index (χ4n) is 2.64. The van der Waals surface area contributed by atoms with Gasteiger partial charge in [-0.1, -0.05) is 23.7 Å². The van der Waals surface area contributed by atoms with Crippen molar-refractivity contribution in [2.75, 3.05) is 0 Å². The van der Waals surface area contributed by atoms with E-state index in [9.17, 15) is 4.79 Å². The van der Waals surface area contributed by atoms with Gasteiger partial charge in [0.15, 0.2) is 5.60 Å². The lowest BCUT2D eigenvalue weighted by Crippen LogP contribution is -2.46. The van der Waals surface area contributed by atoms with Crippen molar-refractivity contribution < 1.29 is 9.53 Å². The van der Waals surface area contributed by atoms with Gasteiger partial charge in [0.25, 0.3) is 5.91 Å². The highest BCUT2D eigenvalue weighted by Crippen LogP contribution is 2.28. The van der Waals surface area contributed by atoms with Crippen LogP contribution in [0, 0.1) is 5.41 Å². The van der Waals surface area contributed by atoms with Crippen LogP contribution in [0.15, 0.2) is 48.5 Å². The Labute approximate surface area is 166 Å². The van der Waals surface area contributed by atoms with Gasteiger partial charge >= 0.3 is 0 Å². The Bertz CT molecular complexity index is 996. The number of carbonyl (C=O) groups excluding carboxylic acids is 1. The zero-order chi connectivity index (χ0) is 19.6. The highest BCUT2D eigenvalue weighted by atomic mass is 35.5. The monoisotopic (exact) mass is 401 g/mol. The maximum absolute atomic E-state index is 12.6. The molecular formula is C20H20ClN3O2S. The Morgan fingerprint density at radius 1 is 1.26 bits per heavy atom. The second kappa shape index (κ2) is 7.58. The molecule has 7 heteroatoms. The summed E-state index contributed by atoms with van der Waals surface area (Å²) in [7, 11) is 0. The van der Waals surface area contributed by atoms with Gasteiger partial charge in [-0.15, -0.1) is 11.3 Å². The fraction of sp³-hybridized carbons (Fsp3) is 0.200. The Balaban J connectivity index is 1.72. The first-order chi connectivity index (χ1) is 12.8. The van der Waals surface area contributed by atoms with Gasteiger partial charge in [-0.3, -0.25) is 10.2 Å². The molecule has 0 aliphatic carbocycles. The smallest absolute Gasteiger partial charge is 0.263 e. The minimum absolute atomic E-state index is 0.0451. The van der Waals surface area contributed by atoms with Crippen LogP contribution in [0.3, 0.4) is 0 Å². The number of thiophene rings is 1. The average Bonchev–Trinajstić information content (AvgIpc) is 3.06. The number of ether oxygens (including phenoxy) is 1. The molecule has 0 unspecified atom stereocenters. The van der Waals surface area contributed by atoms with Crippen molar-refractivity contribution in [2.45, 2.75) is 26.0 Å². The number of halogens is 1. The molecule has 2 aromatic carbocycles. The van der Waals surface area contributed by atoms with Gasteiger partial charge in [-0.25, -0.2) is 0 Å². The van der Waals surface area contributed by atoms with Gasteiger partial charge in [0.1, 0.15) is 11.6 Å². The third kappa shape index (κ3) is 4.40. The number of nitrogen functional groups attached to an aromatic ring is 1. The van der Waals surface area contributed by atoms with Crippen molar-refractivity contribution in [3.8, 4) is 5.75 Å². The van der Waals surface area contributed by atoms with Crippen molar-refractivity contribution in [3.63, 3.8) is 0 Å². The van der Waals surface area contributed by atoms with E-state index < -0.39 is 5.60 Å². The van der Waals surface area contributed by atoms with Crippen LogP contribution < -0.4 is 15.8 Å². The minimum Gasteiger partial charge on any atom is -0.478 e. The van der Waals surface area contributed by atoms with Crippen molar-refractivity contribution in [2.24, 2.45) is 5.73 Å². The molecule has 1 aromatic heterocycles. The number of carbonyl (C=O) groups is 1. The summed E-state index contributed by atoms with van der Waals surface area (Å²) in [5, 5.41) is 12.1. The molecule has 0 atom stereocenters. The Kier molecular flexibility index (Phi) is 5.39. The zero-order valence-electron chi connectivity index (χ0n) is 15.0. The molecule has 1 amide bonds. The van der Waals surface area contributed by atoms with Crippen molar-refractivity contribution in [1.82, 2.24) is 5.32 Å². The number of benzene rings is 2. The maximum Gasteiger partial charge on any atom is 0.263 e. The van der Waals surface area contributed by atoms with E-state index in [0.29, 0.717) is 17.3 Å². The Morgan fingerprint density at radius 2 is 1.96 bits per heavy atom. The molecule has 0 aliphatic heterocycles. The van der Waals surface area contributed by atoms with Crippen LogP contribution in [0.4, 0.5) is 0 Å². The molecule has 27 heavy (non-hydrogen) atoms. The number of nitrogens with two attached hydrogens (primary N) is 1. The lowest BCUT2D eigenvalue weighted by Gasteiger charge is -2.25. The summed E-state index contributed by atoms with van der Waals surface area (Å²) in [5.41, 5.74) is 5.51. The van der Waals surface area contributed by atoms with E-state index in [1.54, 1.807) is 38.1 Å². The number of fused-ring (bicyclic) bond motifs is 1. The summed E-state index contributed by atoms with van der Waals surface area (Å²) in [6.45, 7) is 3.80. The van der Waals surface area contributed by atoms with Crippen LogP contribution >= 0.6 is 22.9 Å². The van der Waals surface area contributed by atoms with Crippen LogP contribution in [0.2, 0.25) is 5.02 Å². The Morgan fingerprint density at radius 3 is 2.63 bits per heavy atom. The molecule has 1 heterocycles. The highest BCUT2D eigenvalue weighted by Gasteiger charge is 2.29. The molecule has 4 N–H and O–H groups in total. The summed E-state index contributed by atoms with van der Waals surface area (Å²) in [6.07, 6.45) is 0. The van der Waals surface area contributed by atoms with Gasteiger partial charge in [-0.05, 0) is 61.2 Å². The van der Waals surface area contributed by atoms with Gasteiger partial charge in [0, 0.05) is 16.3 Å². The van der Waals surface area contributed by atoms with Crippen molar-refractivity contribution in [3.05, 3.63) is 64.0 Å². The molecule has 0 radical (unpaired) electrons. The molecule has 0 bridgehead atoms. The number of rotatable bonds is 6. The second-order valence-corrected chi connectivity index (χ2v) is 8.12. The average molecular weight is 402 g/mol. The van der Waals surface area contributed by atoms with E-state index in [2.05, 4.69) is 5.32 Å². The summed E-state index contributed by atoms with van der Waals surface area (Å²) < 4.78 is 6.85. The Hall–Kier alpha value is -2.57. The van der Waals surface area contributed by atoms with E-state index in [-0.39, 0.29) is 11.7 Å². The van der Waals surface area contributed by atoms with Crippen molar-refractivity contribution in [1.29, 1.82) is 5.41 Å². The standard InChI is InChI=1S/C20H20ClN3O2S/c1-20(2,26-14-8-6-13(21)7-9-14)19(25)24-11-12-4-3-5-16-15(12)10-17(27-16)18(22)23/h3-10H,11H2,1-2H3,(H3,22,23)(H,24,25). The minimum atomic E-state index is -1.04. The number of nitrogens with one attached hydrogen (secondary N) is 2. The van der Waals surface area contributed by atoms with Gasteiger partial charge in [-0.2, -0.15) is 0 Å². The fourth-order valence-corrected chi connectivity index (χ4v) is 3.74. The quantitative estimate of drug-likeness (QED) is 0.424. The summed E-state index contributed by atoms with van der Waals surface area (Å²) in [4.78, 5) is 13.4. The van der Waals surface area contributed by atoms with E-state index in [1.807, 2.05) is 24.3 Å². The molecule has 3 aromatic rings. The van der Waals surface area contributed by atoms with Crippen molar-refractivity contribution >= 4 is 44.8 Å². The molecular weight excluding hydrogens is 382 g/mol. The molecule has 3 rings (SSSR count). The first-order valence-corrected chi connectivity index (χ1v) is 9.54. The third-order valence-corrected chi connectivity index (χ3v) is 5.48. The number of amides is 1. The molecule has 5 nitrogen and oxygen atoms in total. The largest absolute Gasteiger partial charge is 0.478 e. The maximum atomic E-state index is 12.6. The zero-order valence-corrected chi connectivity index (χ0v) is 16.6. The van der Waals surface area contributed by atoms with E-state index >= 15 is 0 Å². The molecule has 0 spiro atoms. The van der Waals surface area contributed by atoms with Crippen LogP contribution in [0.25, 0.3) is 10.1 Å². The van der Waals surface area contributed by atoms with Crippen LogP contribution in [-0.4, -0.2) is 17.3 Å². The predicted octanol–water partition coefficient (Wildman–Crippen LogP) is 4.31. The summed E-state index contributed by atoms with van der Waals surface area (Å²) in [6, 6.07) is 14.6. The first kappa shape index (κ1) is 19.2. The van der Waals surface area contributed by atoms with E-state index in [4.69, 9.17) is 27.5 Å². The predicted molar refractivity (Wildman–Crippen MR) is 111 cm³/mol. The van der Waals surface area contributed by atoms with Crippen LogP contribution in [0.1, 0.15) is 24.3 Å². The van der Waals surface area contributed by atoms with Gasteiger partial charge < -0.3 is 15.8 Å². The molecule has 0 saturated heterocycles. The number of hydrogen-bond acceptors (Lipinski definition) is 4. The molecule has 140 valence electrons. The lowest BCUT2D eigenvalue weighted by molar-refractivity contribution is -0.134. The topological polar surface area (TPSA) is 88.2 Å². The second-order valence-electron chi connectivity index (χ2n) is 6.60. The van der Waals surface area contributed by atoms with Gasteiger partial charge in [0.05, 0.1) is 4.88 Å². The van der Waals surface area contributed by atoms with E-state index in [0.717, 1.165) is 20.5 Å². The van der Waals surface area contributed by atoms with Gasteiger partial charge in [0.2, 0.25) is 0 Å². The summed E-state index contributed by atoms with van der Waals surface area (Å²) >= 11 is 7.34. The highest BCUT2D eigenvalue weighted by molar-refractivity contribution is 7.20. The SMILES string of the molecule is CC(C)(Oc1ccc(Cl)cc1)C(=O)NCc1cccc2sc(C(=N)N)cc12. The normalized spacial score (nSPS) is 11.4. The van der Waals surface area contributed by atoms with Crippen LogP contribution in [0.5, 0.6) is 5.75 Å². The molecule has 0 fully saturated rings. The third-order valence-electron chi connectivity index (χ3n) is 4.09. The number of amidine groups is 1. The first-order valence-electron chi connectivity index (χ1n) is 8.35. The van der Waals surface area contributed by atoms with Crippen LogP contribution in [-0.2, 0) is 11.3 Å². The molecule has 0 saturated carbocycles. The summed E-state index contributed by atoms with van der Waals surface area (Å²) in [5.74, 6) is 0.394.